The second-order valence-electron chi connectivity index (χ2n) is 4.96. The van der Waals surface area contributed by atoms with Gasteiger partial charge in [0, 0.05) is 24.0 Å². The lowest BCUT2D eigenvalue weighted by atomic mass is 10.1. The molecular formula is C15H18N4O. The average Bonchev–Trinajstić information content (AvgIpc) is 3.10. The molecule has 2 heterocycles. The van der Waals surface area contributed by atoms with E-state index in [1.165, 1.54) is 0 Å². The van der Waals surface area contributed by atoms with Crippen LogP contribution in [0, 0.1) is 0 Å². The van der Waals surface area contributed by atoms with Crippen molar-refractivity contribution in [3.8, 4) is 0 Å². The van der Waals surface area contributed by atoms with Crippen LogP contribution < -0.4 is 10.6 Å². The molecule has 0 radical (unpaired) electrons. The predicted molar refractivity (Wildman–Crippen MR) is 77.4 cm³/mol. The molecule has 1 aromatic carbocycles. The van der Waals surface area contributed by atoms with E-state index >= 15 is 0 Å². The Labute approximate surface area is 117 Å². The van der Waals surface area contributed by atoms with Crippen LogP contribution in [0.25, 0.3) is 0 Å². The Morgan fingerprint density at radius 3 is 3.00 bits per heavy atom. The number of nitrogens with one attached hydrogen (secondary N) is 1. The highest BCUT2D eigenvalue weighted by molar-refractivity contribution is 5.97. The number of hydrogen-bond acceptors (Lipinski definition) is 3. The summed E-state index contributed by atoms with van der Waals surface area (Å²) in [5.41, 5.74) is 8.75. The highest BCUT2D eigenvalue weighted by atomic mass is 16.2. The van der Waals surface area contributed by atoms with Crippen molar-refractivity contribution < 1.29 is 4.79 Å². The molecule has 0 unspecified atom stereocenters. The van der Waals surface area contributed by atoms with E-state index in [1.807, 2.05) is 24.4 Å². The zero-order valence-corrected chi connectivity index (χ0v) is 11.5. The van der Waals surface area contributed by atoms with Gasteiger partial charge in [-0.25, -0.2) is 4.98 Å². The molecule has 1 aliphatic rings. The van der Waals surface area contributed by atoms with Crippen molar-refractivity contribution in [2.24, 2.45) is 5.73 Å². The summed E-state index contributed by atoms with van der Waals surface area (Å²) in [4.78, 5) is 21.7. The first-order valence-electron chi connectivity index (χ1n) is 6.88. The second-order valence-corrected chi connectivity index (χ2v) is 4.96. The number of para-hydroxylation sites is 1. The highest BCUT2D eigenvalue weighted by Crippen LogP contribution is 2.39. The molecule has 1 aromatic heterocycles. The Balaban J connectivity index is 2.01. The topological polar surface area (TPSA) is 75.0 Å². The molecular weight excluding hydrogens is 252 g/mol. The summed E-state index contributed by atoms with van der Waals surface area (Å²) >= 11 is 0. The van der Waals surface area contributed by atoms with Gasteiger partial charge in [-0.15, -0.1) is 0 Å². The number of hydrogen-bond donors (Lipinski definition) is 2. The van der Waals surface area contributed by atoms with Crippen LogP contribution in [0.1, 0.15) is 30.0 Å². The molecule has 1 aliphatic heterocycles. The standard InChI is InChI=1S/C15H18N4O/c1-2-11-9-17-15(18-11)13-7-10-5-3-4-6-12(10)19(13)14(20)8-16/h3-6,9,13H,2,7-8,16H2,1H3,(H,17,18)/t13-/m0/s1. The molecule has 1 amide bonds. The molecule has 0 saturated carbocycles. The average molecular weight is 270 g/mol. The number of aromatic amines is 1. The van der Waals surface area contributed by atoms with E-state index in [4.69, 9.17) is 5.73 Å². The number of aromatic nitrogens is 2. The third-order valence-corrected chi connectivity index (χ3v) is 3.76. The number of aryl methyl sites for hydroxylation is 1. The van der Waals surface area contributed by atoms with E-state index in [1.54, 1.807) is 4.90 Å². The lowest BCUT2D eigenvalue weighted by molar-refractivity contribution is -0.117. The molecule has 5 heteroatoms. The molecule has 3 rings (SSSR count). The molecule has 0 bridgehead atoms. The van der Waals surface area contributed by atoms with Gasteiger partial charge in [-0.05, 0) is 18.1 Å². The summed E-state index contributed by atoms with van der Waals surface area (Å²) < 4.78 is 0. The van der Waals surface area contributed by atoms with E-state index in [0.717, 1.165) is 35.6 Å². The predicted octanol–water partition coefficient (Wildman–Crippen LogP) is 1.56. The Bertz CT molecular complexity index is 634. The number of H-pyrrole nitrogens is 1. The van der Waals surface area contributed by atoms with Crippen LogP contribution in [0.5, 0.6) is 0 Å². The fourth-order valence-corrected chi connectivity index (χ4v) is 2.74. The third-order valence-electron chi connectivity index (χ3n) is 3.76. The summed E-state index contributed by atoms with van der Waals surface area (Å²) in [7, 11) is 0. The monoisotopic (exact) mass is 270 g/mol. The first-order chi connectivity index (χ1) is 9.74. The molecule has 0 spiro atoms. The van der Waals surface area contributed by atoms with Crippen molar-refractivity contribution in [2.45, 2.75) is 25.8 Å². The summed E-state index contributed by atoms with van der Waals surface area (Å²) in [5, 5.41) is 0. The van der Waals surface area contributed by atoms with E-state index < -0.39 is 0 Å². The normalized spacial score (nSPS) is 17.3. The number of rotatable bonds is 3. The van der Waals surface area contributed by atoms with Gasteiger partial charge in [0.05, 0.1) is 12.6 Å². The van der Waals surface area contributed by atoms with Crippen LogP contribution in [0.4, 0.5) is 5.69 Å². The van der Waals surface area contributed by atoms with Crippen molar-refractivity contribution >= 4 is 11.6 Å². The van der Waals surface area contributed by atoms with E-state index in [2.05, 4.69) is 23.0 Å². The van der Waals surface area contributed by atoms with Gasteiger partial charge < -0.3 is 15.6 Å². The van der Waals surface area contributed by atoms with Gasteiger partial charge in [0.1, 0.15) is 5.82 Å². The molecule has 0 fully saturated rings. The Hall–Kier alpha value is -2.14. The number of benzene rings is 1. The summed E-state index contributed by atoms with van der Waals surface area (Å²) in [6.45, 7) is 2.08. The van der Waals surface area contributed by atoms with Crippen molar-refractivity contribution in [2.75, 3.05) is 11.4 Å². The number of carbonyl (C=O) groups is 1. The molecule has 1 atom stereocenters. The number of nitrogens with two attached hydrogens (primary N) is 1. The lowest BCUT2D eigenvalue weighted by Gasteiger charge is -2.23. The number of carbonyl (C=O) groups excluding carboxylic acids is 1. The minimum Gasteiger partial charge on any atom is -0.344 e. The number of anilines is 1. The number of imidazole rings is 1. The largest absolute Gasteiger partial charge is 0.344 e. The van der Waals surface area contributed by atoms with Gasteiger partial charge in [0.25, 0.3) is 0 Å². The SMILES string of the molecule is CCc1cnc([C@@H]2Cc3ccccc3N2C(=O)CN)[nH]1. The van der Waals surface area contributed by atoms with Gasteiger partial charge in [-0.3, -0.25) is 4.79 Å². The number of amides is 1. The fraction of sp³-hybridized carbons (Fsp3) is 0.333. The third kappa shape index (κ3) is 2.00. The minimum absolute atomic E-state index is 0.00613. The van der Waals surface area contributed by atoms with E-state index in [-0.39, 0.29) is 18.5 Å². The quantitative estimate of drug-likeness (QED) is 0.888. The molecule has 2 aromatic rings. The molecule has 5 nitrogen and oxygen atoms in total. The van der Waals surface area contributed by atoms with E-state index in [9.17, 15) is 4.79 Å². The Morgan fingerprint density at radius 2 is 2.30 bits per heavy atom. The van der Waals surface area contributed by atoms with Crippen LogP contribution in [0.3, 0.4) is 0 Å². The second kappa shape index (κ2) is 5.09. The van der Waals surface area contributed by atoms with Crippen LogP contribution in [-0.4, -0.2) is 22.4 Å². The molecule has 104 valence electrons. The maximum Gasteiger partial charge on any atom is 0.241 e. The molecule has 0 aliphatic carbocycles. The summed E-state index contributed by atoms with van der Waals surface area (Å²) in [5.74, 6) is 0.759. The number of nitrogens with zero attached hydrogens (tertiary/aromatic N) is 2. The zero-order valence-electron chi connectivity index (χ0n) is 11.5. The highest BCUT2D eigenvalue weighted by Gasteiger charge is 2.35. The maximum atomic E-state index is 12.2. The smallest absolute Gasteiger partial charge is 0.241 e. The van der Waals surface area contributed by atoms with Crippen molar-refractivity contribution in [3.05, 3.63) is 47.5 Å². The summed E-state index contributed by atoms with van der Waals surface area (Å²) in [6.07, 6.45) is 3.51. The number of fused-ring (bicyclic) bond motifs is 1. The van der Waals surface area contributed by atoms with Crippen LogP contribution in [-0.2, 0) is 17.6 Å². The van der Waals surface area contributed by atoms with Crippen molar-refractivity contribution in [3.63, 3.8) is 0 Å². The zero-order chi connectivity index (χ0) is 14.1. The van der Waals surface area contributed by atoms with Crippen molar-refractivity contribution in [1.82, 2.24) is 9.97 Å². The van der Waals surface area contributed by atoms with Crippen LogP contribution >= 0.6 is 0 Å². The van der Waals surface area contributed by atoms with E-state index in [0.29, 0.717) is 0 Å². The first-order valence-corrected chi connectivity index (χ1v) is 6.88. The van der Waals surface area contributed by atoms with Crippen LogP contribution in [0.15, 0.2) is 30.5 Å². The minimum atomic E-state index is -0.0799. The van der Waals surface area contributed by atoms with Crippen LogP contribution in [0.2, 0.25) is 0 Å². The molecule has 0 saturated heterocycles. The molecule has 3 N–H and O–H groups in total. The van der Waals surface area contributed by atoms with Gasteiger partial charge in [-0.1, -0.05) is 25.1 Å². The molecule has 20 heavy (non-hydrogen) atoms. The fourth-order valence-electron chi connectivity index (χ4n) is 2.74. The Morgan fingerprint density at radius 1 is 1.50 bits per heavy atom. The van der Waals surface area contributed by atoms with Gasteiger partial charge in [0.15, 0.2) is 0 Å². The van der Waals surface area contributed by atoms with Gasteiger partial charge in [0.2, 0.25) is 5.91 Å². The maximum absolute atomic E-state index is 12.2. The lowest BCUT2D eigenvalue weighted by Crippen LogP contribution is -2.37. The van der Waals surface area contributed by atoms with Crippen molar-refractivity contribution in [1.29, 1.82) is 0 Å². The van der Waals surface area contributed by atoms with Gasteiger partial charge >= 0.3 is 0 Å². The summed E-state index contributed by atoms with van der Waals surface area (Å²) in [6, 6.07) is 7.87. The van der Waals surface area contributed by atoms with Gasteiger partial charge in [-0.2, -0.15) is 0 Å². The first kappa shape index (κ1) is 12.9. The Kier molecular flexibility index (Phi) is 3.28.